The maximum Gasteiger partial charge on any atom is 0.410 e. The van der Waals surface area contributed by atoms with E-state index in [1.54, 1.807) is 4.90 Å². The Labute approximate surface area is 138 Å². The summed E-state index contributed by atoms with van der Waals surface area (Å²) in [6.07, 6.45) is 1.64. The molecule has 1 heterocycles. The molecule has 0 bridgehead atoms. The summed E-state index contributed by atoms with van der Waals surface area (Å²) in [4.78, 5) is 25.2. The molecule has 1 atom stereocenters. The van der Waals surface area contributed by atoms with Crippen LogP contribution in [0.25, 0.3) is 0 Å². The van der Waals surface area contributed by atoms with Gasteiger partial charge in [0.15, 0.2) is 0 Å². The van der Waals surface area contributed by atoms with E-state index in [-0.39, 0.29) is 24.1 Å². The van der Waals surface area contributed by atoms with Gasteiger partial charge in [-0.15, -0.1) is 0 Å². The number of hydrogen-bond acceptors (Lipinski definition) is 3. The van der Waals surface area contributed by atoms with E-state index in [9.17, 15) is 9.59 Å². The first kappa shape index (κ1) is 17.3. The molecule has 0 aliphatic carbocycles. The van der Waals surface area contributed by atoms with Crippen molar-refractivity contribution in [1.29, 1.82) is 0 Å². The monoisotopic (exact) mass is 318 g/mol. The summed E-state index contributed by atoms with van der Waals surface area (Å²) in [6, 6.07) is 8.48. The maximum atomic E-state index is 11.9. The van der Waals surface area contributed by atoms with E-state index in [2.05, 4.69) is 36.5 Å². The summed E-state index contributed by atoms with van der Waals surface area (Å²) in [5.74, 6) is -0.0105. The van der Waals surface area contributed by atoms with Gasteiger partial charge in [-0.3, -0.25) is 4.79 Å². The van der Waals surface area contributed by atoms with Crippen LogP contribution in [0.1, 0.15) is 38.3 Å². The Hall–Kier alpha value is -2.04. The van der Waals surface area contributed by atoms with Gasteiger partial charge in [-0.25, -0.2) is 4.79 Å². The van der Waals surface area contributed by atoms with Crippen LogP contribution < -0.4 is 5.32 Å². The zero-order chi connectivity index (χ0) is 16.8. The molecule has 1 saturated heterocycles. The lowest BCUT2D eigenvalue weighted by atomic mass is 10.1. The Morgan fingerprint density at radius 2 is 1.96 bits per heavy atom. The van der Waals surface area contributed by atoms with Crippen LogP contribution in [0.5, 0.6) is 0 Å². The number of rotatable bonds is 7. The third-order valence-corrected chi connectivity index (χ3v) is 4.12. The van der Waals surface area contributed by atoms with Crippen LogP contribution in [0.15, 0.2) is 24.3 Å². The summed E-state index contributed by atoms with van der Waals surface area (Å²) in [5, 5.41) is 2.85. The Morgan fingerprint density at radius 1 is 1.30 bits per heavy atom. The van der Waals surface area contributed by atoms with Crippen LogP contribution in [0.4, 0.5) is 4.79 Å². The van der Waals surface area contributed by atoms with E-state index < -0.39 is 0 Å². The molecule has 126 valence electrons. The highest BCUT2D eigenvalue weighted by Gasteiger charge is 2.32. The highest BCUT2D eigenvalue weighted by Crippen LogP contribution is 2.14. The van der Waals surface area contributed by atoms with E-state index >= 15 is 0 Å². The predicted molar refractivity (Wildman–Crippen MR) is 89.3 cm³/mol. The lowest BCUT2D eigenvalue weighted by Gasteiger charge is -2.16. The van der Waals surface area contributed by atoms with Gasteiger partial charge >= 0.3 is 6.09 Å². The molecule has 2 amide bonds. The van der Waals surface area contributed by atoms with Gasteiger partial charge in [0.2, 0.25) is 5.91 Å². The van der Waals surface area contributed by atoms with Crippen molar-refractivity contribution < 1.29 is 14.3 Å². The molecule has 0 spiro atoms. The van der Waals surface area contributed by atoms with E-state index in [1.165, 1.54) is 5.56 Å². The van der Waals surface area contributed by atoms with E-state index in [0.717, 1.165) is 18.4 Å². The molecule has 23 heavy (non-hydrogen) atoms. The molecule has 0 saturated carbocycles. The smallest absolute Gasteiger partial charge is 0.410 e. The number of cyclic esters (lactones) is 1. The molecular weight excluding hydrogens is 292 g/mol. The second-order valence-electron chi connectivity index (χ2n) is 6.23. The molecule has 2 rings (SSSR count). The number of nitrogens with zero attached hydrogens (tertiary/aromatic N) is 1. The largest absolute Gasteiger partial charge is 0.442 e. The number of carbonyl (C=O) groups excluding carboxylic acids is 2. The number of carbonyl (C=O) groups is 2. The standard InChI is InChI=1S/C18H26N2O3/c1-4-14-5-7-15(8-6-14)9-10-17(21)19-11-16-12-20(13(2)3)18(22)23-16/h5-8,13,16H,4,9-12H2,1-3H3,(H,19,21). The van der Waals surface area contributed by atoms with Crippen molar-refractivity contribution >= 4 is 12.0 Å². The molecule has 0 aromatic heterocycles. The molecule has 5 nitrogen and oxygen atoms in total. The fourth-order valence-electron chi connectivity index (χ4n) is 2.58. The van der Waals surface area contributed by atoms with E-state index in [0.29, 0.717) is 19.5 Å². The summed E-state index contributed by atoms with van der Waals surface area (Å²) in [6.45, 7) is 6.94. The van der Waals surface area contributed by atoms with Crippen LogP contribution in [-0.2, 0) is 22.4 Å². The molecule has 1 aliphatic rings. The second kappa shape index (κ2) is 7.99. The number of hydrogen-bond donors (Lipinski definition) is 1. The van der Waals surface area contributed by atoms with Crippen molar-refractivity contribution in [2.75, 3.05) is 13.1 Å². The summed E-state index contributed by atoms with van der Waals surface area (Å²) >= 11 is 0. The third-order valence-electron chi connectivity index (χ3n) is 4.12. The molecule has 5 heteroatoms. The van der Waals surface area contributed by atoms with Gasteiger partial charge < -0.3 is 15.0 Å². The van der Waals surface area contributed by atoms with Crippen molar-refractivity contribution in [2.24, 2.45) is 0 Å². The minimum atomic E-state index is -0.296. The van der Waals surface area contributed by atoms with Gasteiger partial charge in [-0.1, -0.05) is 31.2 Å². The van der Waals surface area contributed by atoms with Crippen LogP contribution in [0.2, 0.25) is 0 Å². The normalized spacial score (nSPS) is 17.5. The molecule has 1 fully saturated rings. The highest BCUT2D eigenvalue weighted by molar-refractivity contribution is 5.76. The topological polar surface area (TPSA) is 58.6 Å². The second-order valence-corrected chi connectivity index (χ2v) is 6.23. The van der Waals surface area contributed by atoms with Gasteiger partial charge in [-0.2, -0.15) is 0 Å². The Balaban J connectivity index is 1.70. The fourth-order valence-corrected chi connectivity index (χ4v) is 2.58. The van der Waals surface area contributed by atoms with Crippen LogP contribution in [0.3, 0.4) is 0 Å². The average molecular weight is 318 g/mol. The maximum absolute atomic E-state index is 11.9. The van der Waals surface area contributed by atoms with E-state index in [4.69, 9.17) is 4.74 Å². The van der Waals surface area contributed by atoms with Crippen molar-refractivity contribution in [2.45, 2.75) is 52.2 Å². The van der Waals surface area contributed by atoms with Gasteiger partial charge in [0, 0.05) is 12.5 Å². The molecule has 1 aliphatic heterocycles. The quantitative estimate of drug-likeness (QED) is 0.840. The van der Waals surface area contributed by atoms with Crippen molar-refractivity contribution in [3.63, 3.8) is 0 Å². The zero-order valence-electron chi connectivity index (χ0n) is 14.2. The first-order chi connectivity index (χ1) is 11.0. The molecular formula is C18H26N2O3. The minimum absolute atomic E-state index is 0.0105. The number of benzene rings is 1. The number of aryl methyl sites for hydroxylation is 2. The van der Waals surface area contributed by atoms with Crippen LogP contribution >= 0.6 is 0 Å². The van der Waals surface area contributed by atoms with Crippen LogP contribution in [-0.4, -0.2) is 42.1 Å². The summed E-state index contributed by atoms with van der Waals surface area (Å²) < 4.78 is 5.25. The number of nitrogens with one attached hydrogen (secondary N) is 1. The first-order valence-electron chi connectivity index (χ1n) is 8.31. The SMILES string of the molecule is CCc1ccc(CCC(=O)NCC2CN(C(C)C)C(=O)O2)cc1. The Morgan fingerprint density at radius 3 is 2.52 bits per heavy atom. The Bertz CT molecular complexity index is 540. The van der Waals surface area contributed by atoms with Gasteiger partial charge in [0.05, 0.1) is 13.1 Å². The first-order valence-corrected chi connectivity index (χ1v) is 8.31. The minimum Gasteiger partial charge on any atom is -0.442 e. The molecule has 1 N–H and O–H groups in total. The van der Waals surface area contributed by atoms with Crippen LogP contribution in [0, 0.1) is 0 Å². The molecule has 0 radical (unpaired) electrons. The van der Waals surface area contributed by atoms with E-state index in [1.807, 2.05) is 13.8 Å². The van der Waals surface area contributed by atoms with Crippen molar-refractivity contribution in [1.82, 2.24) is 10.2 Å². The third kappa shape index (κ3) is 4.98. The van der Waals surface area contributed by atoms with Gasteiger partial charge in [0.25, 0.3) is 0 Å². The van der Waals surface area contributed by atoms with Crippen molar-refractivity contribution in [3.8, 4) is 0 Å². The molecule has 1 aromatic carbocycles. The van der Waals surface area contributed by atoms with Gasteiger partial charge in [0.1, 0.15) is 6.10 Å². The van der Waals surface area contributed by atoms with Crippen molar-refractivity contribution in [3.05, 3.63) is 35.4 Å². The lowest BCUT2D eigenvalue weighted by Crippen LogP contribution is -2.36. The summed E-state index contributed by atoms with van der Waals surface area (Å²) in [7, 11) is 0. The summed E-state index contributed by atoms with van der Waals surface area (Å²) in [5.41, 5.74) is 2.46. The zero-order valence-corrected chi connectivity index (χ0v) is 14.2. The fraction of sp³-hybridized carbons (Fsp3) is 0.556. The number of ether oxygens (including phenoxy) is 1. The molecule has 1 unspecified atom stereocenters. The average Bonchev–Trinajstić information content (AvgIpc) is 2.92. The lowest BCUT2D eigenvalue weighted by molar-refractivity contribution is -0.121. The molecule has 1 aromatic rings. The number of amides is 2. The highest BCUT2D eigenvalue weighted by atomic mass is 16.6. The Kier molecular flexibility index (Phi) is 6.02. The van der Waals surface area contributed by atoms with Gasteiger partial charge in [-0.05, 0) is 37.8 Å². The predicted octanol–water partition coefficient (Wildman–Crippen LogP) is 2.53.